The average molecular weight is 655 g/mol. The molecule has 4 rings (SSSR count). The van der Waals surface area contributed by atoms with Gasteiger partial charge in [0.05, 0.1) is 12.9 Å². The maximum atomic E-state index is 14.2. The first-order valence-corrected chi connectivity index (χ1v) is 16.0. The highest BCUT2D eigenvalue weighted by molar-refractivity contribution is 5.89. The van der Waals surface area contributed by atoms with Gasteiger partial charge in [0.1, 0.15) is 25.0 Å². The number of ether oxygens (including phenoxy) is 2. The van der Waals surface area contributed by atoms with E-state index < -0.39 is 18.0 Å². The van der Waals surface area contributed by atoms with Crippen LogP contribution in [-0.4, -0.2) is 84.1 Å². The molecule has 3 aromatic carbocycles. The smallest absolute Gasteiger partial charge is 0.408 e. The number of nitrogens with zero attached hydrogens (tertiary/aromatic N) is 3. The molecule has 0 aliphatic rings. The minimum Gasteiger partial charge on any atom is -0.492 e. The molecule has 0 aliphatic carbocycles. The first-order chi connectivity index (χ1) is 23.1. The molecule has 0 fully saturated rings. The van der Waals surface area contributed by atoms with Crippen LogP contribution >= 0.6 is 0 Å². The van der Waals surface area contributed by atoms with E-state index in [1.807, 2.05) is 104 Å². The molecule has 0 spiro atoms. The SMILES string of the molecule is CN(C)CCOc1ccc(CN(CC(=O)NCC(C)(C)c2ccccc2)C(=O)C(Cc2cnc[nH]2)NC(=O)OCc2ccccc2)cc1. The highest BCUT2D eigenvalue weighted by Gasteiger charge is 2.30. The van der Waals surface area contributed by atoms with Gasteiger partial charge in [0.25, 0.3) is 0 Å². The number of nitrogens with one attached hydrogen (secondary N) is 3. The summed E-state index contributed by atoms with van der Waals surface area (Å²) < 4.78 is 11.3. The molecule has 4 aromatic rings. The standard InChI is InChI=1S/C37H46N6O5/c1-37(2,30-13-9-6-10-14-30)26-39-34(44)24-43(23-28-15-17-32(18-16-28)47-20-19-42(3)4)35(45)33(21-31-22-38-27-40-31)41-36(46)48-25-29-11-7-5-8-12-29/h5-18,22,27,33H,19-21,23-26H2,1-4H3,(H,38,40)(H,39,44)(H,41,46). The molecule has 3 amide bonds. The summed E-state index contributed by atoms with van der Waals surface area (Å²) in [6.07, 6.45) is 2.48. The van der Waals surface area contributed by atoms with Gasteiger partial charge in [0.15, 0.2) is 0 Å². The van der Waals surface area contributed by atoms with Crippen molar-refractivity contribution in [2.75, 3.05) is 40.3 Å². The zero-order valence-corrected chi connectivity index (χ0v) is 28.1. The van der Waals surface area contributed by atoms with Gasteiger partial charge in [0.2, 0.25) is 11.8 Å². The lowest BCUT2D eigenvalue weighted by atomic mass is 9.84. The summed E-state index contributed by atoms with van der Waals surface area (Å²) in [5.74, 6) is -0.0488. The van der Waals surface area contributed by atoms with Gasteiger partial charge in [-0.3, -0.25) is 9.59 Å². The number of imidazole rings is 1. The Hall–Kier alpha value is -5.16. The van der Waals surface area contributed by atoms with Crippen molar-refractivity contribution in [2.45, 2.75) is 44.9 Å². The summed E-state index contributed by atoms with van der Waals surface area (Å²) in [4.78, 5) is 51.1. The number of amides is 3. The first-order valence-electron chi connectivity index (χ1n) is 16.0. The van der Waals surface area contributed by atoms with E-state index in [4.69, 9.17) is 9.47 Å². The number of hydrogen-bond acceptors (Lipinski definition) is 7. The summed E-state index contributed by atoms with van der Waals surface area (Å²) in [6, 6.07) is 25.6. The number of alkyl carbamates (subject to hydrolysis) is 1. The molecule has 254 valence electrons. The Balaban J connectivity index is 1.50. The Morgan fingerprint density at radius 2 is 1.60 bits per heavy atom. The third-order valence-corrected chi connectivity index (χ3v) is 7.81. The van der Waals surface area contributed by atoms with Crippen LogP contribution < -0.4 is 15.4 Å². The second-order valence-corrected chi connectivity index (χ2v) is 12.6. The van der Waals surface area contributed by atoms with Crippen molar-refractivity contribution < 1.29 is 23.9 Å². The number of likely N-dealkylation sites (N-methyl/N-ethyl adjacent to an activating group) is 1. The Morgan fingerprint density at radius 3 is 2.25 bits per heavy atom. The van der Waals surface area contributed by atoms with E-state index in [1.54, 1.807) is 6.20 Å². The van der Waals surface area contributed by atoms with Crippen molar-refractivity contribution in [1.82, 2.24) is 30.4 Å². The lowest BCUT2D eigenvalue weighted by molar-refractivity contribution is -0.138. The van der Waals surface area contributed by atoms with E-state index in [9.17, 15) is 14.4 Å². The Morgan fingerprint density at radius 1 is 0.917 bits per heavy atom. The van der Waals surface area contributed by atoms with Crippen LogP contribution in [0.4, 0.5) is 4.79 Å². The van der Waals surface area contributed by atoms with E-state index in [0.29, 0.717) is 24.6 Å². The Bertz CT molecular complexity index is 1560. The fraction of sp³-hybridized carbons (Fsp3) is 0.351. The molecule has 0 radical (unpaired) electrons. The third kappa shape index (κ3) is 11.6. The molecule has 1 heterocycles. The minimum absolute atomic E-state index is 0.0456. The molecule has 11 nitrogen and oxygen atoms in total. The number of rotatable bonds is 17. The second kappa shape index (κ2) is 17.7. The van der Waals surface area contributed by atoms with Crippen molar-refractivity contribution in [3.8, 4) is 5.75 Å². The number of benzene rings is 3. The topological polar surface area (TPSA) is 129 Å². The highest BCUT2D eigenvalue weighted by Crippen LogP contribution is 2.22. The summed E-state index contributed by atoms with van der Waals surface area (Å²) in [7, 11) is 3.96. The molecular weight excluding hydrogens is 608 g/mol. The van der Waals surface area contributed by atoms with Crippen LogP contribution in [-0.2, 0) is 39.3 Å². The Kier molecular flexibility index (Phi) is 13.1. The molecule has 0 aliphatic heterocycles. The van der Waals surface area contributed by atoms with Crippen LogP contribution in [0.25, 0.3) is 0 Å². The molecule has 11 heteroatoms. The van der Waals surface area contributed by atoms with Crippen molar-refractivity contribution in [2.24, 2.45) is 0 Å². The molecule has 48 heavy (non-hydrogen) atoms. The van der Waals surface area contributed by atoms with Gasteiger partial charge in [0, 0.05) is 43.4 Å². The number of H-pyrrole nitrogens is 1. The van der Waals surface area contributed by atoms with Gasteiger partial charge in [-0.15, -0.1) is 0 Å². The molecule has 1 atom stereocenters. The van der Waals surface area contributed by atoms with Crippen molar-refractivity contribution in [3.05, 3.63) is 120 Å². The number of aromatic nitrogens is 2. The number of carbonyl (C=O) groups excluding carboxylic acids is 3. The van der Waals surface area contributed by atoms with Crippen LogP contribution in [0.15, 0.2) is 97.5 Å². The number of aromatic amines is 1. The molecule has 0 bridgehead atoms. The molecule has 0 saturated heterocycles. The molecule has 3 N–H and O–H groups in total. The quantitative estimate of drug-likeness (QED) is 0.155. The summed E-state index contributed by atoms with van der Waals surface area (Å²) in [5.41, 5.74) is 3.01. The monoisotopic (exact) mass is 654 g/mol. The largest absolute Gasteiger partial charge is 0.492 e. The zero-order chi connectivity index (χ0) is 34.4. The van der Waals surface area contributed by atoms with E-state index in [2.05, 4.69) is 34.4 Å². The predicted molar refractivity (Wildman–Crippen MR) is 184 cm³/mol. The van der Waals surface area contributed by atoms with Crippen LogP contribution in [0.5, 0.6) is 5.75 Å². The lowest BCUT2D eigenvalue weighted by Gasteiger charge is -2.29. The van der Waals surface area contributed by atoms with Gasteiger partial charge < -0.3 is 34.9 Å². The fourth-order valence-electron chi connectivity index (χ4n) is 4.95. The second-order valence-electron chi connectivity index (χ2n) is 12.6. The Labute approximate surface area is 282 Å². The summed E-state index contributed by atoms with van der Waals surface area (Å²) in [5, 5.41) is 5.74. The molecule has 1 unspecified atom stereocenters. The summed E-state index contributed by atoms with van der Waals surface area (Å²) >= 11 is 0. The van der Waals surface area contributed by atoms with E-state index >= 15 is 0 Å². The third-order valence-electron chi connectivity index (χ3n) is 7.81. The van der Waals surface area contributed by atoms with Gasteiger partial charge in [-0.1, -0.05) is 86.6 Å². The van der Waals surface area contributed by atoms with Crippen LogP contribution in [0.1, 0.15) is 36.2 Å². The average Bonchev–Trinajstić information content (AvgIpc) is 3.60. The van der Waals surface area contributed by atoms with Gasteiger partial charge in [-0.2, -0.15) is 0 Å². The normalized spacial score (nSPS) is 11.9. The predicted octanol–water partition coefficient (Wildman–Crippen LogP) is 4.31. The lowest BCUT2D eigenvalue weighted by Crippen LogP contribution is -2.52. The van der Waals surface area contributed by atoms with Crippen molar-refractivity contribution >= 4 is 17.9 Å². The molecule has 1 aromatic heterocycles. The number of carbonyl (C=O) groups is 3. The molecule has 0 saturated carbocycles. The van der Waals surface area contributed by atoms with Crippen LogP contribution in [0, 0.1) is 0 Å². The maximum absolute atomic E-state index is 14.2. The van der Waals surface area contributed by atoms with Crippen LogP contribution in [0.2, 0.25) is 0 Å². The highest BCUT2D eigenvalue weighted by atomic mass is 16.5. The van der Waals surface area contributed by atoms with Gasteiger partial charge in [-0.25, -0.2) is 9.78 Å². The maximum Gasteiger partial charge on any atom is 0.408 e. The number of hydrogen-bond donors (Lipinski definition) is 3. The van der Waals surface area contributed by atoms with E-state index in [0.717, 1.165) is 23.2 Å². The fourth-order valence-corrected chi connectivity index (χ4v) is 4.95. The van der Waals surface area contributed by atoms with Crippen molar-refractivity contribution in [3.63, 3.8) is 0 Å². The van der Waals surface area contributed by atoms with Crippen molar-refractivity contribution in [1.29, 1.82) is 0 Å². The molecular formula is C37H46N6O5. The van der Waals surface area contributed by atoms with Gasteiger partial charge >= 0.3 is 6.09 Å². The van der Waals surface area contributed by atoms with Crippen LogP contribution in [0.3, 0.4) is 0 Å². The van der Waals surface area contributed by atoms with E-state index in [-0.39, 0.29) is 37.4 Å². The zero-order valence-electron chi connectivity index (χ0n) is 28.1. The summed E-state index contributed by atoms with van der Waals surface area (Å²) in [6.45, 7) is 5.76. The minimum atomic E-state index is -1.03. The first kappa shape index (κ1) is 35.7. The van der Waals surface area contributed by atoms with E-state index in [1.165, 1.54) is 11.2 Å². The van der Waals surface area contributed by atoms with Gasteiger partial charge in [-0.05, 0) is 42.9 Å².